The fourth-order valence-electron chi connectivity index (χ4n) is 10.2. The molecule has 0 bridgehead atoms. The van der Waals surface area contributed by atoms with Gasteiger partial charge in [-0.2, -0.15) is 10.2 Å². The molecule has 1 saturated carbocycles. The Bertz CT molecular complexity index is 1810. The lowest BCUT2D eigenvalue weighted by atomic mass is 9.60. The normalized spacial score (nSPS) is 24.6. The van der Waals surface area contributed by atoms with E-state index in [1.54, 1.807) is 6.92 Å². The van der Waals surface area contributed by atoms with Crippen LogP contribution in [0.1, 0.15) is 71.0 Å². The van der Waals surface area contributed by atoms with Gasteiger partial charge in [0.05, 0.1) is 33.3 Å². The molecule has 2 aromatic heterocycles. The van der Waals surface area contributed by atoms with E-state index in [0.717, 1.165) is 118 Å². The Morgan fingerprint density at radius 1 is 1.10 bits per heavy atom. The molecule has 10 nitrogen and oxygen atoms in total. The first-order valence-electron chi connectivity index (χ1n) is 17.4. The molecule has 12 heteroatoms. The summed E-state index contributed by atoms with van der Waals surface area (Å²) >= 11 is 13.8. The zero-order chi connectivity index (χ0) is 33.7. The molecule has 4 saturated heterocycles. The Balaban J connectivity index is 1.07. The molecule has 0 unspecified atom stereocenters. The number of carbonyl (C=O) groups is 2. The van der Waals surface area contributed by atoms with Crippen molar-refractivity contribution in [2.75, 3.05) is 50.7 Å². The first-order chi connectivity index (χ1) is 22.8. The Morgan fingerprint density at radius 2 is 1.85 bits per heavy atom. The topological polar surface area (TPSA) is 93.6 Å². The van der Waals surface area contributed by atoms with Crippen molar-refractivity contribution in [2.45, 2.75) is 83.3 Å². The number of fused-ring (bicyclic) bond motifs is 1. The number of rotatable bonds is 6. The lowest BCUT2D eigenvalue weighted by Crippen LogP contribution is -2.69. The van der Waals surface area contributed by atoms with Crippen LogP contribution in [-0.4, -0.2) is 103 Å². The highest BCUT2D eigenvalue weighted by Gasteiger charge is 2.55. The van der Waals surface area contributed by atoms with E-state index in [9.17, 15) is 9.59 Å². The number of benzene rings is 1. The van der Waals surface area contributed by atoms with Gasteiger partial charge in [-0.25, -0.2) is 0 Å². The maximum absolute atomic E-state index is 12.3. The van der Waals surface area contributed by atoms with E-state index in [-0.39, 0.29) is 34.3 Å². The third-order valence-electron chi connectivity index (χ3n) is 12.3. The second-order valence-electron chi connectivity index (χ2n) is 16.1. The van der Waals surface area contributed by atoms with Crippen LogP contribution in [0.5, 0.6) is 0 Å². The molecule has 6 heterocycles. The number of nitrogens with zero attached hydrogens (tertiary/aromatic N) is 7. The lowest BCUT2D eigenvalue weighted by molar-refractivity contribution is -0.149. The van der Waals surface area contributed by atoms with Crippen molar-refractivity contribution in [3.05, 3.63) is 40.7 Å². The molecule has 0 radical (unpaired) electrons. The average molecular weight is 694 g/mol. The summed E-state index contributed by atoms with van der Waals surface area (Å²) in [5, 5.41) is 14.8. The lowest BCUT2D eigenvalue weighted by Gasteiger charge is -2.58. The zero-order valence-electron chi connectivity index (χ0n) is 28.5. The summed E-state index contributed by atoms with van der Waals surface area (Å²) in [5.41, 5.74) is 3.90. The summed E-state index contributed by atoms with van der Waals surface area (Å²) in [6.07, 6.45) is 9.58. The van der Waals surface area contributed by atoms with E-state index in [1.807, 2.05) is 17.2 Å². The molecule has 1 atom stereocenters. The van der Waals surface area contributed by atoms with E-state index in [4.69, 9.17) is 28.3 Å². The highest BCUT2D eigenvalue weighted by molar-refractivity contribution is 6.45. The van der Waals surface area contributed by atoms with Crippen molar-refractivity contribution in [1.29, 1.82) is 0 Å². The number of amides is 2. The minimum Gasteiger partial charge on any atom is -0.349 e. The third-order valence-corrected chi connectivity index (χ3v) is 13.1. The van der Waals surface area contributed by atoms with Gasteiger partial charge >= 0.3 is 0 Å². The van der Waals surface area contributed by atoms with Crippen LogP contribution in [0.2, 0.25) is 10.0 Å². The second-order valence-corrected chi connectivity index (χ2v) is 16.8. The van der Waals surface area contributed by atoms with Crippen LogP contribution in [0.25, 0.3) is 22.0 Å². The first kappa shape index (κ1) is 32.1. The number of carbonyl (C=O) groups excluding carboxylic acids is 2. The maximum Gasteiger partial charge on any atom is 0.245 e. The van der Waals surface area contributed by atoms with Crippen LogP contribution in [0.4, 0.5) is 5.82 Å². The van der Waals surface area contributed by atoms with Gasteiger partial charge in [0.15, 0.2) is 5.82 Å². The van der Waals surface area contributed by atoms with E-state index >= 15 is 0 Å². The van der Waals surface area contributed by atoms with E-state index in [1.165, 1.54) is 6.08 Å². The molecule has 48 heavy (non-hydrogen) atoms. The van der Waals surface area contributed by atoms with Crippen molar-refractivity contribution in [1.82, 2.24) is 34.7 Å². The van der Waals surface area contributed by atoms with Gasteiger partial charge in [-0.3, -0.25) is 24.3 Å². The number of hydrogen-bond donors (Lipinski definition) is 1. The molecular formula is C36H46Cl2N8O2. The Labute approximate surface area is 292 Å². The molecule has 1 aliphatic carbocycles. The molecule has 2 spiro atoms. The van der Waals surface area contributed by atoms with Gasteiger partial charge in [0.1, 0.15) is 0 Å². The third kappa shape index (κ3) is 4.91. The highest BCUT2D eigenvalue weighted by Crippen LogP contribution is 2.56. The quantitative estimate of drug-likeness (QED) is 0.315. The summed E-state index contributed by atoms with van der Waals surface area (Å²) in [7, 11) is 0. The van der Waals surface area contributed by atoms with Crippen molar-refractivity contribution in [3.8, 4) is 11.1 Å². The van der Waals surface area contributed by atoms with Gasteiger partial charge in [-0.1, -0.05) is 29.8 Å². The molecule has 4 aliphatic heterocycles. The van der Waals surface area contributed by atoms with Crippen LogP contribution in [-0.2, 0) is 9.59 Å². The predicted molar refractivity (Wildman–Crippen MR) is 189 cm³/mol. The van der Waals surface area contributed by atoms with Gasteiger partial charge in [-0.15, -0.1) is 0 Å². The number of hydrogen-bond acceptors (Lipinski definition) is 6. The van der Waals surface area contributed by atoms with Gasteiger partial charge < -0.3 is 14.7 Å². The summed E-state index contributed by atoms with van der Waals surface area (Å²) in [6, 6.07) is 2.09. The number of piperidine rings is 1. The van der Waals surface area contributed by atoms with Crippen LogP contribution < -0.4 is 4.90 Å². The van der Waals surface area contributed by atoms with E-state index in [0.29, 0.717) is 16.0 Å². The number of aromatic amines is 1. The number of nitrogens with one attached hydrogen (secondary N) is 1. The second kappa shape index (κ2) is 11.2. The van der Waals surface area contributed by atoms with Crippen LogP contribution in [0, 0.1) is 18.3 Å². The van der Waals surface area contributed by atoms with Gasteiger partial charge in [0.2, 0.25) is 11.8 Å². The molecular weight excluding hydrogens is 647 g/mol. The number of anilines is 1. The molecule has 3 aromatic rings. The van der Waals surface area contributed by atoms with Crippen LogP contribution >= 0.6 is 23.2 Å². The summed E-state index contributed by atoms with van der Waals surface area (Å²) in [4.78, 5) is 33.5. The number of halogens is 2. The number of aromatic nitrogens is 4. The fraction of sp³-hybridized carbons (Fsp3) is 0.611. The van der Waals surface area contributed by atoms with Gasteiger partial charge in [0.25, 0.3) is 0 Å². The molecule has 5 fully saturated rings. The van der Waals surface area contributed by atoms with Crippen molar-refractivity contribution in [3.63, 3.8) is 0 Å². The van der Waals surface area contributed by atoms with Gasteiger partial charge in [0, 0.05) is 85.9 Å². The zero-order valence-corrected chi connectivity index (χ0v) is 30.0. The van der Waals surface area contributed by atoms with Crippen molar-refractivity contribution in [2.24, 2.45) is 11.3 Å². The standard InChI is InChI=1S/C36H46Cl2N8O2/c1-6-29(48)43-18-35(19-43)14-25(15-35)46-22(2)30(31-26-16-39-40-28(26)12-27(37)32(31)38)33(41-46)45-11-8-24(13-34(45,4)5)17-42-20-36(21-42)9-7-10-44(36)23(3)47/h6,12,16,24-25H,1,7-11,13-15,17-21H2,2-5H3,(H,39,40)/t24-/m1/s1. The highest BCUT2D eigenvalue weighted by atomic mass is 35.5. The maximum atomic E-state index is 12.3. The SMILES string of the molecule is C=CC(=O)N1CC2(CC(n3nc(N4CC[C@@H](CN5CC6(CCCN6C(C)=O)C5)CC4(C)C)c(-c4c(Cl)c(Cl)cc5[nH]ncc45)c3C)C2)C1. The number of H-pyrrole nitrogens is 1. The average Bonchev–Trinajstić information content (AvgIpc) is 3.70. The summed E-state index contributed by atoms with van der Waals surface area (Å²) in [6.45, 7) is 18.6. The Morgan fingerprint density at radius 3 is 2.54 bits per heavy atom. The largest absolute Gasteiger partial charge is 0.349 e. The monoisotopic (exact) mass is 692 g/mol. The molecule has 2 amide bonds. The summed E-state index contributed by atoms with van der Waals surface area (Å²) < 4.78 is 2.22. The molecule has 8 rings (SSSR count). The molecule has 256 valence electrons. The minimum absolute atomic E-state index is 0.0134. The van der Waals surface area contributed by atoms with Crippen LogP contribution in [0.15, 0.2) is 24.9 Å². The smallest absolute Gasteiger partial charge is 0.245 e. The fourth-order valence-corrected chi connectivity index (χ4v) is 10.6. The minimum atomic E-state index is -0.147. The van der Waals surface area contributed by atoms with Crippen LogP contribution in [0.3, 0.4) is 0 Å². The Hall–Kier alpha value is -3.08. The summed E-state index contributed by atoms with van der Waals surface area (Å²) in [5.74, 6) is 1.74. The molecule has 5 aliphatic rings. The van der Waals surface area contributed by atoms with Crippen molar-refractivity contribution < 1.29 is 9.59 Å². The number of likely N-dealkylation sites (tertiary alicyclic amines) is 3. The predicted octanol–water partition coefficient (Wildman–Crippen LogP) is 6.08. The Kier molecular flexibility index (Phi) is 7.51. The van der Waals surface area contributed by atoms with E-state index < -0.39 is 0 Å². The van der Waals surface area contributed by atoms with Gasteiger partial charge in [-0.05, 0) is 77.4 Å². The van der Waals surface area contributed by atoms with Crippen molar-refractivity contribution >= 4 is 51.7 Å². The first-order valence-corrected chi connectivity index (χ1v) is 18.2. The van der Waals surface area contributed by atoms with E-state index in [2.05, 4.69) is 56.9 Å². The molecule has 1 aromatic carbocycles. The molecule has 1 N–H and O–H groups in total.